The molecule has 0 radical (unpaired) electrons. The highest BCUT2D eigenvalue weighted by molar-refractivity contribution is 6.00. The summed E-state index contributed by atoms with van der Waals surface area (Å²) in [7, 11) is 0. The van der Waals surface area contributed by atoms with E-state index in [1.165, 1.54) is 0 Å². The quantitative estimate of drug-likeness (QED) is 0.626. The number of hydrogen-bond donors (Lipinski definition) is 3. The number of halogens is 2. The third-order valence-corrected chi connectivity index (χ3v) is 6.22. The molecule has 1 aromatic carbocycles. The third-order valence-electron chi connectivity index (χ3n) is 6.22. The van der Waals surface area contributed by atoms with E-state index < -0.39 is 12.0 Å². The van der Waals surface area contributed by atoms with E-state index in [0.717, 1.165) is 16.8 Å². The molecule has 1 aliphatic carbocycles. The van der Waals surface area contributed by atoms with Gasteiger partial charge in [0.2, 0.25) is 17.7 Å². The first-order valence-corrected chi connectivity index (χ1v) is 11.0. The molecule has 7 nitrogen and oxygen atoms in total. The van der Waals surface area contributed by atoms with Crippen LogP contribution in [0, 0.1) is 13.8 Å². The molecule has 3 N–H and O–H groups in total. The van der Waals surface area contributed by atoms with Crippen molar-refractivity contribution >= 4 is 23.2 Å². The molecule has 2 aromatic rings. The molecule has 2 aliphatic rings. The molecule has 1 aromatic heterocycles. The predicted molar refractivity (Wildman–Crippen MR) is 117 cm³/mol. The van der Waals surface area contributed by atoms with Gasteiger partial charge in [-0.1, -0.05) is 11.2 Å². The molecule has 0 bridgehead atoms. The molecule has 1 atom stereocenters. The first-order valence-electron chi connectivity index (χ1n) is 11.0. The van der Waals surface area contributed by atoms with E-state index in [-0.39, 0.29) is 30.7 Å². The highest BCUT2D eigenvalue weighted by atomic mass is 19.3. The Kier molecular flexibility index (Phi) is 6.17. The Balaban J connectivity index is 1.60. The lowest BCUT2D eigenvalue weighted by Crippen LogP contribution is -2.46. The zero-order valence-electron chi connectivity index (χ0n) is 18.3. The van der Waals surface area contributed by atoms with Crippen molar-refractivity contribution in [2.75, 3.05) is 10.6 Å². The van der Waals surface area contributed by atoms with Gasteiger partial charge in [0.05, 0.1) is 17.1 Å². The van der Waals surface area contributed by atoms with Gasteiger partial charge in [0.1, 0.15) is 11.8 Å². The van der Waals surface area contributed by atoms with Crippen molar-refractivity contribution in [3.05, 3.63) is 29.7 Å². The Bertz CT molecular complexity index is 991. The zero-order valence-corrected chi connectivity index (χ0v) is 18.3. The van der Waals surface area contributed by atoms with Gasteiger partial charge in [-0.15, -0.1) is 0 Å². The molecule has 172 valence electrons. The molecule has 1 unspecified atom stereocenters. The lowest BCUT2D eigenvalue weighted by Gasteiger charge is -2.30. The maximum Gasteiger partial charge on any atom is 0.248 e. The van der Waals surface area contributed by atoms with E-state index in [4.69, 9.17) is 4.52 Å². The fraction of sp³-hybridized carbons (Fsp3) is 0.522. The van der Waals surface area contributed by atoms with Crippen molar-refractivity contribution in [1.82, 2.24) is 10.5 Å². The van der Waals surface area contributed by atoms with E-state index in [1.807, 2.05) is 32.0 Å². The average molecular weight is 446 g/mol. The number of aromatic nitrogens is 1. The number of nitrogens with zero attached hydrogens (tertiary/aromatic N) is 1. The number of nitrogens with one attached hydrogen (secondary N) is 3. The van der Waals surface area contributed by atoms with Gasteiger partial charge in [-0.25, -0.2) is 8.78 Å². The second-order valence-electron chi connectivity index (χ2n) is 8.74. The molecule has 1 saturated carbocycles. The van der Waals surface area contributed by atoms with Crippen LogP contribution in [0.5, 0.6) is 0 Å². The molecule has 2 fully saturated rings. The van der Waals surface area contributed by atoms with Crippen LogP contribution in [0.25, 0.3) is 11.1 Å². The molecule has 2 amide bonds. The second kappa shape index (κ2) is 8.88. The summed E-state index contributed by atoms with van der Waals surface area (Å²) < 4.78 is 32.4. The summed E-state index contributed by atoms with van der Waals surface area (Å²) in [5, 5.41) is 13.0. The van der Waals surface area contributed by atoms with E-state index in [0.29, 0.717) is 49.2 Å². The Morgan fingerprint density at radius 3 is 2.59 bits per heavy atom. The largest absolute Gasteiger partial charge is 0.381 e. The maximum absolute atomic E-state index is 13.6. The summed E-state index contributed by atoms with van der Waals surface area (Å²) in [5.41, 5.74) is 3.59. The van der Waals surface area contributed by atoms with Crippen LogP contribution >= 0.6 is 0 Å². The molecule has 1 aliphatic heterocycles. The SMILES string of the molecule is Cc1noc(C)c1-c1ccc(NC2CCC(F)(F)CC2)c(NC(=O)C2CCCC(=O)N2)c1. The molecule has 32 heavy (non-hydrogen) atoms. The maximum atomic E-state index is 13.6. The van der Waals surface area contributed by atoms with Crippen LogP contribution in [0.2, 0.25) is 0 Å². The van der Waals surface area contributed by atoms with Crippen LogP contribution in [0.15, 0.2) is 22.7 Å². The van der Waals surface area contributed by atoms with E-state index >= 15 is 0 Å². The van der Waals surface area contributed by atoms with Crippen LogP contribution in [0.4, 0.5) is 20.2 Å². The molecular weight excluding hydrogens is 418 g/mol. The summed E-state index contributed by atoms with van der Waals surface area (Å²) in [4.78, 5) is 24.6. The predicted octanol–water partition coefficient (Wildman–Crippen LogP) is 4.56. The van der Waals surface area contributed by atoms with Crippen LogP contribution < -0.4 is 16.0 Å². The summed E-state index contributed by atoms with van der Waals surface area (Å²) >= 11 is 0. The lowest BCUT2D eigenvalue weighted by atomic mass is 9.92. The Morgan fingerprint density at radius 1 is 1.19 bits per heavy atom. The third kappa shape index (κ3) is 4.92. The first-order chi connectivity index (χ1) is 15.2. The van der Waals surface area contributed by atoms with E-state index in [1.54, 1.807) is 0 Å². The summed E-state index contributed by atoms with van der Waals surface area (Å²) in [6.07, 6.45) is 2.04. The van der Waals surface area contributed by atoms with Crippen molar-refractivity contribution in [2.45, 2.75) is 76.8 Å². The lowest BCUT2D eigenvalue weighted by molar-refractivity contribution is -0.128. The highest BCUT2D eigenvalue weighted by Gasteiger charge is 2.35. The first kappa shape index (κ1) is 22.2. The smallest absolute Gasteiger partial charge is 0.248 e. The van der Waals surface area contributed by atoms with Crippen LogP contribution in [0.3, 0.4) is 0 Å². The minimum atomic E-state index is -2.61. The molecule has 1 saturated heterocycles. The van der Waals surface area contributed by atoms with Gasteiger partial charge >= 0.3 is 0 Å². The number of benzene rings is 1. The molecule has 2 heterocycles. The number of aryl methyl sites for hydroxylation is 2. The highest BCUT2D eigenvalue weighted by Crippen LogP contribution is 2.37. The molecule has 4 rings (SSSR count). The number of anilines is 2. The number of rotatable bonds is 5. The van der Waals surface area contributed by atoms with Crippen molar-refractivity contribution in [3.8, 4) is 11.1 Å². The van der Waals surface area contributed by atoms with Crippen LogP contribution in [-0.4, -0.2) is 35.0 Å². The Labute approximate surface area is 185 Å². The minimum absolute atomic E-state index is 0.107. The van der Waals surface area contributed by atoms with Crippen molar-refractivity contribution in [3.63, 3.8) is 0 Å². The summed E-state index contributed by atoms with van der Waals surface area (Å²) in [6.45, 7) is 3.66. The number of amides is 2. The second-order valence-corrected chi connectivity index (χ2v) is 8.74. The number of carbonyl (C=O) groups excluding carboxylic acids is 2. The van der Waals surface area contributed by atoms with Gasteiger partial charge in [0.15, 0.2) is 0 Å². The van der Waals surface area contributed by atoms with Crippen LogP contribution in [0.1, 0.15) is 56.4 Å². The van der Waals surface area contributed by atoms with Gasteiger partial charge in [-0.2, -0.15) is 0 Å². The van der Waals surface area contributed by atoms with Gasteiger partial charge in [0, 0.05) is 30.9 Å². The number of carbonyl (C=O) groups is 2. The van der Waals surface area contributed by atoms with Gasteiger partial charge < -0.3 is 20.5 Å². The fourth-order valence-corrected chi connectivity index (χ4v) is 4.45. The minimum Gasteiger partial charge on any atom is -0.381 e. The van der Waals surface area contributed by atoms with Gasteiger partial charge in [0.25, 0.3) is 0 Å². The van der Waals surface area contributed by atoms with Crippen molar-refractivity contribution in [2.24, 2.45) is 0 Å². The summed E-state index contributed by atoms with van der Waals surface area (Å²) in [5.74, 6) is -2.38. The standard InChI is InChI=1S/C23H28F2N4O3/c1-13-21(14(2)32-29-13)15-6-7-17(26-16-8-10-23(24,25)11-9-16)19(12-15)28-22(31)18-4-3-5-20(30)27-18/h6-7,12,16,18,26H,3-5,8-11H2,1-2H3,(H,27,30)(H,28,31). The van der Waals surface area contributed by atoms with E-state index in [2.05, 4.69) is 21.1 Å². The topological polar surface area (TPSA) is 96.3 Å². The zero-order chi connectivity index (χ0) is 22.9. The molecule has 0 spiro atoms. The Morgan fingerprint density at radius 2 is 1.94 bits per heavy atom. The van der Waals surface area contributed by atoms with Crippen molar-refractivity contribution < 1.29 is 22.9 Å². The van der Waals surface area contributed by atoms with Gasteiger partial charge in [-0.05, 0) is 57.2 Å². The molecular formula is C23H28F2N4O3. The summed E-state index contributed by atoms with van der Waals surface area (Å²) in [6, 6.07) is 4.85. The number of piperidine rings is 1. The average Bonchev–Trinajstić information content (AvgIpc) is 3.09. The number of hydrogen-bond acceptors (Lipinski definition) is 5. The van der Waals surface area contributed by atoms with E-state index in [9.17, 15) is 18.4 Å². The normalized spacial score (nSPS) is 21.1. The number of alkyl halides is 2. The van der Waals surface area contributed by atoms with Crippen LogP contribution in [-0.2, 0) is 9.59 Å². The van der Waals surface area contributed by atoms with Crippen molar-refractivity contribution in [1.29, 1.82) is 0 Å². The molecule has 9 heteroatoms. The Hall–Kier alpha value is -2.97. The fourth-order valence-electron chi connectivity index (χ4n) is 4.45. The monoisotopic (exact) mass is 446 g/mol. The van der Waals surface area contributed by atoms with Gasteiger partial charge in [-0.3, -0.25) is 9.59 Å².